The molecular weight excluding hydrogens is 417 g/mol. The van der Waals surface area contributed by atoms with Gasteiger partial charge in [0.2, 0.25) is 5.88 Å². The highest BCUT2D eigenvalue weighted by Crippen LogP contribution is 2.31. The summed E-state index contributed by atoms with van der Waals surface area (Å²) in [6.45, 7) is 4.23. The van der Waals surface area contributed by atoms with Gasteiger partial charge in [0.05, 0.1) is 12.0 Å². The molecule has 1 saturated carbocycles. The van der Waals surface area contributed by atoms with Crippen LogP contribution in [-0.2, 0) is 6.42 Å². The van der Waals surface area contributed by atoms with E-state index in [9.17, 15) is 4.39 Å². The van der Waals surface area contributed by atoms with Gasteiger partial charge in [-0.15, -0.1) is 0 Å². The van der Waals surface area contributed by atoms with Crippen LogP contribution in [0.25, 0.3) is 5.69 Å². The second-order valence-electron chi connectivity index (χ2n) is 9.70. The minimum Gasteiger partial charge on any atom is -0.474 e. The maximum Gasteiger partial charge on any atom is 0.219 e. The van der Waals surface area contributed by atoms with Gasteiger partial charge < -0.3 is 14.6 Å². The third kappa shape index (κ3) is 5.41. The molecule has 3 aliphatic rings. The molecule has 0 spiro atoms. The van der Waals surface area contributed by atoms with Crippen molar-refractivity contribution in [2.45, 2.75) is 77.0 Å². The van der Waals surface area contributed by atoms with E-state index in [4.69, 9.17) is 4.74 Å². The molecule has 2 saturated heterocycles. The molecule has 2 bridgehead atoms. The fourth-order valence-corrected chi connectivity index (χ4v) is 4.62. The van der Waals surface area contributed by atoms with Crippen LogP contribution in [0.2, 0.25) is 0 Å². The molecule has 2 aromatic heterocycles. The van der Waals surface area contributed by atoms with Gasteiger partial charge >= 0.3 is 0 Å². The standard InChI is InChI=1S/C22H24FN5O.C4H8/c1-14-21(8-15-2-5-18(11-20(15)23)28-7-6-24-13-28)25-12-26-22(14)29-19-9-16-3-4-17(10-19)27-16;1-4-2-3-4/h2,5-7,11-13,16-17,19,27H,3-4,8-10H2,1H3;4H,2-3H2,1H3. The number of imidazole rings is 1. The lowest BCUT2D eigenvalue weighted by atomic mass is 10.0. The lowest BCUT2D eigenvalue weighted by molar-refractivity contribution is 0.130. The first-order valence-corrected chi connectivity index (χ1v) is 12.0. The van der Waals surface area contributed by atoms with Crippen molar-refractivity contribution in [3.05, 3.63) is 65.9 Å². The molecule has 4 heterocycles. The normalized spacial score (nSPS) is 23.7. The molecule has 0 amide bonds. The second-order valence-corrected chi connectivity index (χ2v) is 9.70. The summed E-state index contributed by atoms with van der Waals surface area (Å²) in [4.78, 5) is 12.8. The zero-order valence-electron chi connectivity index (χ0n) is 19.4. The van der Waals surface area contributed by atoms with Crippen molar-refractivity contribution < 1.29 is 9.13 Å². The van der Waals surface area contributed by atoms with E-state index in [1.54, 1.807) is 29.4 Å². The number of hydrogen-bond donors (Lipinski definition) is 1. The number of rotatable bonds is 5. The number of halogens is 1. The maximum atomic E-state index is 14.7. The van der Waals surface area contributed by atoms with Gasteiger partial charge in [0.15, 0.2) is 0 Å². The topological polar surface area (TPSA) is 64.9 Å². The van der Waals surface area contributed by atoms with Crippen LogP contribution in [0.15, 0.2) is 43.2 Å². The average Bonchev–Trinajstić information content (AvgIpc) is 3.26. The molecule has 3 aromatic rings. The highest BCUT2D eigenvalue weighted by molar-refractivity contribution is 5.39. The third-order valence-electron chi connectivity index (χ3n) is 6.91. The van der Waals surface area contributed by atoms with Gasteiger partial charge in [0, 0.05) is 42.1 Å². The molecule has 2 aliphatic heterocycles. The number of nitrogens with one attached hydrogen (secondary N) is 1. The van der Waals surface area contributed by atoms with E-state index in [2.05, 4.69) is 27.2 Å². The SMILES string of the molecule is CC1CC1.Cc1c(Cc2ccc(-n3ccnc3)cc2F)ncnc1OC1CC2CCC(C1)N2. The van der Waals surface area contributed by atoms with Gasteiger partial charge in [-0.05, 0) is 56.2 Å². The van der Waals surface area contributed by atoms with E-state index < -0.39 is 0 Å². The van der Waals surface area contributed by atoms with Crippen LogP contribution in [0, 0.1) is 18.7 Å². The lowest BCUT2D eigenvalue weighted by Crippen LogP contribution is -2.42. The lowest BCUT2D eigenvalue weighted by Gasteiger charge is -2.29. The maximum absolute atomic E-state index is 14.7. The fourth-order valence-electron chi connectivity index (χ4n) is 4.62. The first-order chi connectivity index (χ1) is 16.0. The molecule has 1 aromatic carbocycles. The Hall–Kier alpha value is -2.80. The molecule has 2 atom stereocenters. The summed E-state index contributed by atoms with van der Waals surface area (Å²) >= 11 is 0. The van der Waals surface area contributed by atoms with E-state index in [0.29, 0.717) is 29.9 Å². The van der Waals surface area contributed by atoms with Crippen LogP contribution < -0.4 is 10.1 Å². The Morgan fingerprint density at radius 1 is 1.12 bits per heavy atom. The summed E-state index contributed by atoms with van der Waals surface area (Å²) in [5.74, 6) is 1.45. The van der Waals surface area contributed by atoms with Crippen molar-refractivity contribution in [2.24, 2.45) is 5.92 Å². The Morgan fingerprint density at radius 3 is 2.52 bits per heavy atom. The number of ether oxygens (including phenoxy) is 1. The van der Waals surface area contributed by atoms with Gasteiger partial charge in [0.25, 0.3) is 0 Å². The zero-order valence-corrected chi connectivity index (χ0v) is 19.4. The molecule has 33 heavy (non-hydrogen) atoms. The smallest absolute Gasteiger partial charge is 0.219 e. The number of aromatic nitrogens is 4. The molecular formula is C26H32FN5O. The Morgan fingerprint density at radius 2 is 1.88 bits per heavy atom. The molecule has 3 fully saturated rings. The van der Waals surface area contributed by atoms with Crippen molar-refractivity contribution >= 4 is 0 Å². The van der Waals surface area contributed by atoms with Crippen molar-refractivity contribution in [2.75, 3.05) is 0 Å². The van der Waals surface area contributed by atoms with E-state index in [-0.39, 0.29) is 11.9 Å². The predicted molar refractivity (Wildman–Crippen MR) is 125 cm³/mol. The van der Waals surface area contributed by atoms with Crippen LogP contribution in [0.4, 0.5) is 4.39 Å². The highest BCUT2D eigenvalue weighted by atomic mass is 19.1. The zero-order chi connectivity index (χ0) is 22.8. The minimum absolute atomic E-state index is 0.182. The number of piperidine rings is 1. The van der Waals surface area contributed by atoms with Crippen molar-refractivity contribution in [1.82, 2.24) is 24.8 Å². The van der Waals surface area contributed by atoms with Gasteiger partial charge in [-0.3, -0.25) is 0 Å². The van der Waals surface area contributed by atoms with Gasteiger partial charge in [-0.25, -0.2) is 19.3 Å². The predicted octanol–water partition coefficient (Wildman–Crippen LogP) is 4.78. The average molecular weight is 450 g/mol. The summed E-state index contributed by atoms with van der Waals surface area (Å²) in [5, 5.41) is 3.63. The largest absolute Gasteiger partial charge is 0.474 e. The molecule has 7 heteroatoms. The fraction of sp³-hybridized carbons (Fsp3) is 0.500. The summed E-state index contributed by atoms with van der Waals surface area (Å²) < 4.78 is 22.7. The number of benzene rings is 1. The first-order valence-electron chi connectivity index (χ1n) is 12.0. The Labute approximate surface area is 194 Å². The van der Waals surface area contributed by atoms with E-state index >= 15 is 0 Å². The van der Waals surface area contributed by atoms with Gasteiger partial charge in [-0.1, -0.05) is 25.8 Å². The summed E-state index contributed by atoms with van der Waals surface area (Å²) in [5.41, 5.74) is 3.02. The van der Waals surface area contributed by atoms with Gasteiger partial charge in [0.1, 0.15) is 18.2 Å². The molecule has 1 N–H and O–H groups in total. The quantitative estimate of drug-likeness (QED) is 0.607. The number of nitrogens with zero attached hydrogens (tertiary/aromatic N) is 4. The Bertz CT molecular complexity index is 1070. The Balaban J connectivity index is 0.000000517. The van der Waals surface area contributed by atoms with Crippen LogP contribution in [0.1, 0.15) is 62.3 Å². The first kappa shape index (κ1) is 22.0. The molecule has 2 unspecified atom stereocenters. The molecule has 1 aliphatic carbocycles. The Kier molecular flexibility index (Phi) is 6.40. The van der Waals surface area contributed by atoms with Crippen molar-refractivity contribution in [3.63, 3.8) is 0 Å². The summed E-state index contributed by atoms with van der Waals surface area (Å²) in [7, 11) is 0. The van der Waals surface area contributed by atoms with Gasteiger partial charge in [-0.2, -0.15) is 0 Å². The van der Waals surface area contributed by atoms with Crippen LogP contribution in [-0.4, -0.2) is 37.7 Å². The number of hydrogen-bond acceptors (Lipinski definition) is 5. The minimum atomic E-state index is -0.258. The number of fused-ring (bicyclic) bond motifs is 2. The summed E-state index contributed by atoms with van der Waals surface area (Å²) in [6.07, 6.45) is 14.7. The molecule has 0 radical (unpaired) electrons. The summed E-state index contributed by atoms with van der Waals surface area (Å²) in [6, 6.07) is 6.33. The van der Waals surface area contributed by atoms with Crippen molar-refractivity contribution in [3.8, 4) is 11.6 Å². The van der Waals surface area contributed by atoms with Crippen LogP contribution >= 0.6 is 0 Å². The van der Waals surface area contributed by atoms with E-state index in [1.165, 1.54) is 38.1 Å². The molecule has 6 nitrogen and oxygen atoms in total. The van der Waals surface area contributed by atoms with E-state index in [0.717, 1.165) is 35.7 Å². The second kappa shape index (κ2) is 9.59. The van der Waals surface area contributed by atoms with Crippen molar-refractivity contribution in [1.29, 1.82) is 0 Å². The third-order valence-corrected chi connectivity index (χ3v) is 6.91. The molecule has 174 valence electrons. The van der Waals surface area contributed by atoms with Crippen LogP contribution in [0.3, 0.4) is 0 Å². The van der Waals surface area contributed by atoms with E-state index in [1.807, 2.05) is 13.0 Å². The molecule has 6 rings (SSSR count). The van der Waals surface area contributed by atoms with Crippen LogP contribution in [0.5, 0.6) is 5.88 Å². The highest BCUT2D eigenvalue weighted by Gasteiger charge is 2.35. The monoisotopic (exact) mass is 449 g/mol.